The van der Waals surface area contributed by atoms with Crippen LogP contribution in [0.3, 0.4) is 0 Å². The number of hydrogen-bond donors (Lipinski definition) is 0. The molecule has 0 bridgehead atoms. The second-order valence-corrected chi connectivity index (χ2v) is 11.3. The zero-order chi connectivity index (χ0) is 30.5. The van der Waals surface area contributed by atoms with Crippen LogP contribution in [-0.4, -0.2) is 61.4 Å². The molecule has 2 aromatic carbocycles. The van der Waals surface area contributed by atoms with Crippen LogP contribution in [-0.2, 0) is 24.8 Å². The van der Waals surface area contributed by atoms with Gasteiger partial charge in [0.1, 0.15) is 23.6 Å². The standard InChI is InChI=1S/C28H27ClF3N5O5/c1-28(2,3)42-27(40)36-10-9-16-17(29)11-18(30)23(41-13-19-22(24(31)32)35(4)34-33-19)21(16)20(36)12-37-25(38)14-7-5-6-8-15(14)26(37)39/h5-8,11,20,24H,9-10,12-13H2,1-4H3/t20-/m1/s1. The van der Waals surface area contributed by atoms with Crippen molar-refractivity contribution in [2.24, 2.45) is 7.05 Å². The molecule has 42 heavy (non-hydrogen) atoms. The average Bonchev–Trinajstić information content (AvgIpc) is 3.40. The van der Waals surface area contributed by atoms with Crippen molar-refractivity contribution >= 4 is 29.5 Å². The van der Waals surface area contributed by atoms with E-state index in [-0.39, 0.29) is 52.7 Å². The Kier molecular flexibility index (Phi) is 7.64. The molecule has 1 aromatic heterocycles. The van der Waals surface area contributed by atoms with Crippen molar-refractivity contribution in [2.45, 2.75) is 51.9 Å². The highest BCUT2D eigenvalue weighted by atomic mass is 35.5. The van der Waals surface area contributed by atoms with Gasteiger partial charge < -0.3 is 9.47 Å². The molecular weight excluding hydrogens is 579 g/mol. The number of benzene rings is 2. The van der Waals surface area contributed by atoms with Gasteiger partial charge >= 0.3 is 6.09 Å². The number of aryl methyl sites for hydroxylation is 1. The van der Waals surface area contributed by atoms with Gasteiger partial charge in [-0.15, -0.1) is 5.10 Å². The predicted octanol–water partition coefficient (Wildman–Crippen LogP) is 5.25. The minimum atomic E-state index is -2.92. The molecule has 0 fully saturated rings. The largest absolute Gasteiger partial charge is 0.484 e. The normalized spacial score (nSPS) is 16.6. The second kappa shape index (κ2) is 10.9. The molecule has 3 amide bonds. The minimum absolute atomic E-state index is 0.0406. The number of amides is 3. The number of ether oxygens (including phenoxy) is 2. The lowest BCUT2D eigenvalue weighted by Crippen LogP contribution is -2.48. The molecule has 2 aliphatic rings. The molecule has 0 unspecified atom stereocenters. The summed E-state index contributed by atoms with van der Waals surface area (Å²) in [6, 6.07) is 6.16. The zero-order valence-corrected chi connectivity index (χ0v) is 23.9. The lowest BCUT2D eigenvalue weighted by Gasteiger charge is -2.40. The summed E-state index contributed by atoms with van der Waals surface area (Å²) in [7, 11) is 1.29. The number of hydrogen-bond acceptors (Lipinski definition) is 7. The van der Waals surface area contributed by atoms with Crippen molar-refractivity contribution in [1.29, 1.82) is 0 Å². The van der Waals surface area contributed by atoms with Crippen molar-refractivity contribution in [3.8, 4) is 5.75 Å². The summed E-state index contributed by atoms with van der Waals surface area (Å²) in [5.74, 6) is -2.48. The summed E-state index contributed by atoms with van der Waals surface area (Å²) in [6.07, 6.45) is -3.53. The first-order chi connectivity index (χ1) is 19.8. The van der Waals surface area contributed by atoms with Crippen LogP contribution in [0, 0.1) is 5.82 Å². The van der Waals surface area contributed by atoms with E-state index in [1.165, 1.54) is 24.1 Å². The van der Waals surface area contributed by atoms with Gasteiger partial charge in [0, 0.05) is 24.2 Å². The van der Waals surface area contributed by atoms with Crippen molar-refractivity contribution in [3.05, 3.63) is 74.8 Å². The van der Waals surface area contributed by atoms with Crippen LogP contribution in [0.25, 0.3) is 0 Å². The number of nitrogens with zero attached hydrogens (tertiary/aromatic N) is 5. The lowest BCUT2D eigenvalue weighted by molar-refractivity contribution is 0.00939. The topological polar surface area (TPSA) is 107 Å². The predicted molar refractivity (Wildman–Crippen MR) is 143 cm³/mol. The van der Waals surface area contributed by atoms with Crippen LogP contribution in [0.1, 0.15) is 76.5 Å². The van der Waals surface area contributed by atoms with Crippen LogP contribution in [0.2, 0.25) is 5.02 Å². The number of fused-ring (bicyclic) bond motifs is 2. The Hall–Kier alpha value is -4.13. The number of halogens is 4. The van der Waals surface area contributed by atoms with Gasteiger partial charge in [-0.25, -0.2) is 22.6 Å². The molecule has 222 valence electrons. The highest BCUT2D eigenvalue weighted by Crippen LogP contribution is 2.44. The van der Waals surface area contributed by atoms with E-state index in [9.17, 15) is 23.2 Å². The number of alkyl halides is 2. The first kappa shape index (κ1) is 29.4. The first-order valence-electron chi connectivity index (χ1n) is 13.0. The third-order valence-corrected chi connectivity index (χ3v) is 7.34. The fourth-order valence-electron chi connectivity index (χ4n) is 5.18. The van der Waals surface area contributed by atoms with E-state index >= 15 is 4.39 Å². The van der Waals surface area contributed by atoms with E-state index in [0.29, 0.717) is 5.56 Å². The molecule has 3 heterocycles. The highest BCUT2D eigenvalue weighted by Gasteiger charge is 2.43. The SMILES string of the molecule is Cn1nnc(COc2c(F)cc(Cl)c3c2[C@@H](CN2C(=O)c4ccccc4C2=O)N(C(=O)OC(C)(C)C)CC3)c1C(F)F. The van der Waals surface area contributed by atoms with Gasteiger partial charge in [0.25, 0.3) is 18.2 Å². The molecule has 2 aliphatic heterocycles. The van der Waals surface area contributed by atoms with Crippen LogP contribution >= 0.6 is 11.6 Å². The average molecular weight is 606 g/mol. The van der Waals surface area contributed by atoms with Gasteiger partial charge in [-0.1, -0.05) is 28.9 Å². The maximum absolute atomic E-state index is 15.6. The van der Waals surface area contributed by atoms with Gasteiger partial charge in [-0.3, -0.25) is 19.4 Å². The number of carbonyl (C=O) groups is 3. The Labute approximate surface area is 243 Å². The summed E-state index contributed by atoms with van der Waals surface area (Å²) < 4.78 is 55.1. The Balaban J connectivity index is 1.59. The summed E-state index contributed by atoms with van der Waals surface area (Å²) in [5, 5.41) is 7.36. The van der Waals surface area contributed by atoms with E-state index in [4.69, 9.17) is 21.1 Å². The van der Waals surface area contributed by atoms with Crippen molar-refractivity contribution < 1.29 is 37.0 Å². The summed E-state index contributed by atoms with van der Waals surface area (Å²) >= 11 is 6.45. The van der Waals surface area contributed by atoms with E-state index in [1.807, 2.05) is 0 Å². The summed E-state index contributed by atoms with van der Waals surface area (Å²) in [5.41, 5.74) is -0.715. The first-order valence-corrected chi connectivity index (χ1v) is 13.4. The van der Waals surface area contributed by atoms with Crippen LogP contribution in [0.5, 0.6) is 5.75 Å². The Bertz CT molecular complexity index is 1550. The van der Waals surface area contributed by atoms with Gasteiger partial charge in [0.15, 0.2) is 11.6 Å². The molecule has 0 radical (unpaired) electrons. The fraction of sp³-hybridized carbons (Fsp3) is 0.393. The smallest absolute Gasteiger partial charge is 0.410 e. The number of rotatable bonds is 6. The van der Waals surface area contributed by atoms with Gasteiger partial charge in [-0.05, 0) is 51.0 Å². The van der Waals surface area contributed by atoms with E-state index in [0.717, 1.165) is 15.6 Å². The molecular formula is C28H27ClF3N5O5. The molecule has 5 rings (SSSR count). The quantitative estimate of drug-likeness (QED) is 0.353. The van der Waals surface area contributed by atoms with Crippen LogP contribution in [0.4, 0.5) is 18.0 Å². The fourth-order valence-corrected chi connectivity index (χ4v) is 5.47. The Morgan fingerprint density at radius 2 is 1.81 bits per heavy atom. The minimum Gasteiger partial charge on any atom is -0.484 e. The highest BCUT2D eigenvalue weighted by molar-refractivity contribution is 6.31. The van der Waals surface area contributed by atoms with Gasteiger partial charge in [0.05, 0.1) is 23.7 Å². The van der Waals surface area contributed by atoms with E-state index in [2.05, 4.69) is 10.3 Å². The second-order valence-electron chi connectivity index (χ2n) is 10.9. The third-order valence-electron chi connectivity index (χ3n) is 7.01. The number of carbonyl (C=O) groups excluding carboxylic acids is 3. The summed E-state index contributed by atoms with van der Waals surface area (Å²) in [4.78, 5) is 42.2. The molecule has 0 spiro atoms. The third kappa shape index (κ3) is 5.28. The van der Waals surface area contributed by atoms with Gasteiger partial charge in [-0.2, -0.15) is 0 Å². The van der Waals surface area contributed by atoms with Crippen LogP contribution in [0.15, 0.2) is 30.3 Å². The summed E-state index contributed by atoms with van der Waals surface area (Å²) in [6.45, 7) is 4.14. The lowest BCUT2D eigenvalue weighted by atomic mass is 9.91. The number of imide groups is 1. The maximum atomic E-state index is 15.6. The molecule has 0 N–H and O–H groups in total. The zero-order valence-electron chi connectivity index (χ0n) is 23.2. The Morgan fingerprint density at radius 3 is 2.40 bits per heavy atom. The van der Waals surface area contributed by atoms with Crippen LogP contribution < -0.4 is 4.74 Å². The molecule has 0 aliphatic carbocycles. The van der Waals surface area contributed by atoms with Crippen molar-refractivity contribution in [1.82, 2.24) is 24.8 Å². The maximum Gasteiger partial charge on any atom is 0.410 e. The van der Waals surface area contributed by atoms with Crippen molar-refractivity contribution in [2.75, 3.05) is 13.1 Å². The van der Waals surface area contributed by atoms with E-state index < -0.39 is 54.1 Å². The molecule has 14 heteroatoms. The van der Waals surface area contributed by atoms with Gasteiger partial charge in [0.2, 0.25) is 0 Å². The number of aromatic nitrogens is 3. The molecule has 1 atom stereocenters. The molecule has 10 nitrogen and oxygen atoms in total. The van der Waals surface area contributed by atoms with Crippen molar-refractivity contribution in [3.63, 3.8) is 0 Å². The molecule has 3 aromatic rings. The Morgan fingerprint density at radius 1 is 1.17 bits per heavy atom. The monoisotopic (exact) mass is 605 g/mol. The molecule has 0 saturated carbocycles. The molecule has 0 saturated heterocycles. The van der Waals surface area contributed by atoms with E-state index in [1.54, 1.807) is 32.9 Å².